The standard InChI is InChI=1S/C20H25N5O3/c21-19(27)24-16-4-1-5-17(18(16)14-6-8-15(26)9-7-14)25(20(22)28)12-13-3-2-10-23-11-13/h1-5,10-11,14-15,26H,6-9,12H2,(H2,22,28)(H3,21,24,27)/t14-,15-. The number of benzene rings is 1. The SMILES string of the molecule is NC(=O)Nc1cccc(N(Cc2cccnc2)C(N)=O)c1[C@H]1CC[C@H](O)CC1. The van der Waals surface area contributed by atoms with Crippen molar-refractivity contribution in [1.29, 1.82) is 0 Å². The monoisotopic (exact) mass is 383 g/mol. The summed E-state index contributed by atoms with van der Waals surface area (Å²) >= 11 is 0. The van der Waals surface area contributed by atoms with Crippen LogP contribution in [-0.4, -0.2) is 28.3 Å². The Kier molecular flexibility index (Phi) is 6.10. The van der Waals surface area contributed by atoms with E-state index in [1.165, 1.54) is 4.90 Å². The Labute approximate surface area is 163 Å². The predicted octanol–water partition coefficient (Wildman–Crippen LogP) is 2.68. The zero-order valence-electron chi connectivity index (χ0n) is 15.5. The number of amides is 4. The van der Waals surface area contributed by atoms with Gasteiger partial charge in [-0.1, -0.05) is 12.1 Å². The summed E-state index contributed by atoms with van der Waals surface area (Å²) in [5.41, 5.74) is 13.9. The number of hydrogen-bond donors (Lipinski definition) is 4. The average Bonchev–Trinajstić information content (AvgIpc) is 2.67. The zero-order valence-corrected chi connectivity index (χ0v) is 15.5. The fraction of sp³-hybridized carbons (Fsp3) is 0.350. The van der Waals surface area contributed by atoms with Crippen LogP contribution in [0.1, 0.15) is 42.7 Å². The first-order chi connectivity index (χ1) is 13.5. The van der Waals surface area contributed by atoms with Crippen molar-refractivity contribution in [2.45, 2.75) is 44.2 Å². The smallest absolute Gasteiger partial charge is 0.319 e. The first-order valence-corrected chi connectivity index (χ1v) is 9.29. The van der Waals surface area contributed by atoms with E-state index in [1.54, 1.807) is 30.6 Å². The Morgan fingerprint density at radius 1 is 1.14 bits per heavy atom. The fourth-order valence-corrected chi connectivity index (χ4v) is 3.78. The van der Waals surface area contributed by atoms with Crippen LogP contribution in [0.15, 0.2) is 42.7 Å². The van der Waals surface area contributed by atoms with Gasteiger partial charge in [0, 0.05) is 23.6 Å². The first-order valence-electron chi connectivity index (χ1n) is 9.29. The number of urea groups is 2. The van der Waals surface area contributed by atoms with Gasteiger partial charge in [-0.05, 0) is 55.4 Å². The lowest BCUT2D eigenvalue weighted by Gasteiger charge is -2.32. The van der Waals surface area contributed by atoms with Crippen molar-refractivity contribution in [2.24, 2.45) is 11.5 Å². The Bertz CT molecular complexity index is 835. The molecule has 3 rings (SSSR count). The molecule has 0 spiro atoms. The molecule has 6 N–H and O–H groups in total. The third kappa shape index (κ3) is 4.58. The number of rotatable bonds is 5. The highest BCUT2D eigenvalue weighted by Gasteiger charge is 2.28. The van der Waals surface area contributed by atoms with E-state index in [0.29, 0.717) is 24.2 Å². The van der Waals surface area contributed by atoms with Crippen LogP contribution in [0.25, 0.3) is 0 Å². The average molecular weight is 383 g/mol. The molecule has 0 radical (unpaired) electrons. The van der Waals surface area contributed by atoms with Gasteiger partial charge in [0.1, 0.15) is 0 Å². The largest absolute Gasteiger partial charge is 0.393 e. The molecule has 1 heterocycles. The molecule has 0 bridgehead atoms. The van der Waals surface area contributed by atoms with Crippen LogP contribution in [0.3, 0.4) is 0 Å². The second kappa shape index (κ2) is 8.71. The quantitative estimate of drug-likeness (QED) is 0.631. The van der Waals surface area contributed by atoms with Crippen LogP contribution in [0.2, 0.25) is 0 Å². The molecule has 1 aliphatic carbocycles. The van der Waals surface area contributed by atoms with Gasteiger partial charge < -0.3 is 21.9 Å². The van der Waals surface area contributed by atoms with E-state index in [9.17, 15) is 14.7 Å². The van der Waals surface area contributed by atoms with Gasteiger partial charge >= 0.3 is 12.1 Å². The number of nitrogens with one attached hydrogen (secondary N) is 1. The number of carbonyl (C=O) groups is 2. The Hall–Kier alpha value is -3.13. The van der Waals surface area contributed by atoms with Gasteiger partial charge in [-0.2, -0.15) is 0 Å². The summed E-state index contributed by atoms with van der Waals surface area (Å²) < 4.78 is 0. The van der Waals surface area contributed by atoms with Crippen molar-refractivity contribution in [3.63, 3.8) is 0 Å². The summed E-state index contributed by atoms with van der Waals surface area (Å²) in [7, 11) is 0. The third-order valence-electron chi connectivity index (χ3n) is 5.07. The van der Waals surface area contributed by atoms with E-state index in [2.05, 4.69) is 10.3 Å². The van der Waals surface area contributed by atoms with E-state index < -0.39 is 12.1 Å². The number of primary amides is 2. The van der Waals surface area contributed by atoms with Gasteiger partial charge in [0.15, 0.2) is 0 Å². The van der Waals surface area contributed by atoms with E-state index >= 15 is 0 Å². The Balaban J connectivity index is 2.04. The summed E-state index contributed by atoms with van der Waals surface area (Å²) in [6.07, 6.45) is 5.82. The number of aliphatic hydroxyl groups excluding tert-OH is 1. The normalized spacial score (nSPS) is 19.0. The van der Waals surface area contributed by atoms with E-state index in [1.807, 2.05) is 12.1 Å². The maximum atomic E-state index is 12.3. The molecule has 0 aliphatic heterocycles. The lowest BCUT2D eigenvalue weighted by atomic mass is 9.81. The van der Waals surface area contributed by atoms with Crippen LogP contribution in [0, 0.1) is 0 Å². The Morgan fingerprint density at radius 2 is 1.89 bits per heavy atom. The van der Waals surface area contributed by atoms with Crippen molar-refractivity contribution >= 4 is 23.4 Å². The summed E-state index contributed by atoms with van der Waals surface area (Å²) in [6, 6.07) is 7.71. The van der Waals surface area contributed by atoms with Crippen molar-refractivity contribution in [3.05, 3.63) is 53.9 Å². The van der Waals surface area contributed by atoms with E-state index in [4.69, 9.17) is 11.5 Å². The number of pyridine rings is 1. The van der Waals surface area contributed by atoms with Gasteiger partial charge in [-0.15, -0.1) is 0 Å². The molecule has 0 atom stereocenters. The van der Waals surface area contributed by atoms with Crippen molar-refractivity contribution in [1.82, 2.24) is 4.98 Å². The molecule has 1 fully saturated rings. The number of anilines is 2. The molecule has 1 aliphatic rings. The molecule has 1 aromatic carbocycles. The van der Waals surface area contributed by atoms with Crippen molar-refractivity contribution in [2.75, 3.05) is 10.2 Å². The summed E-state index contributed by atoms with van der Waals surface area (Å²) in [4.78, 5) is 29.4. The molecule has 1 aromatic heterocycles. The second-order valence-electron chi connectivity index (χ2n) is 7.02. The number of aliphatic hydroxyl groups is 1. The minimum absolute atomic E-state index is 0.0669. The first kappa shape index (κ1) is 19.6. The minimum atomic E-state index is -0.674. The van der Waals surface area contributed by atoms with E-state index in [0.717, 1.165) is 24.0 Å². The van der Waals surface area contributed by atoms with Crippen LogP contribution < -0.4 is 21.7 Å². The Morgan fingerprint density at radius 3 is 2.50 bits per heavy atom. The molecule has 148 valence electrons. The maximum absolute atomic E-state index is 12.3. The molecule has 28 heavy (non-hydrogen) atoms. The fourth-order valence-electron chi connectivity index (χ4n) is 3.78. The number of nitrogens with two attached hydrogens (primary N) is 2. The highest BCUT2D eigenvalue weighted by atomic mass is 16.3. The summed E-state index contributed by atoms with van der Waals surface area (Å²) in [5.74, 6) is 0.0669. The van der Waals surface area contributed by atoms with Crippen LogP contribution in [0.4, 0.5) is 21.0 Å². The van der Waals surface area contributed by atoms with Crippen LogP contribution in [0.5, 0.6) is 0 Å². The molecule has 1 saturated carbocycles. The maximum Gasteiger partial charge on any atom is 0.319 e. The molecule has 0 unspecified atom stereocenters. The topological polar surface area (TPSA) is 135 Å². The predicted molar refractivity (Wildman–Crippen MR) is 107 cm³/mol. The van der Waals surface area contributed by atoms with Crippen molar-refractivity contribution in [3.8, 4) is 0 Å². The van der Waals surface area contributed by atoms with Gasteiger partial charge in [0.25, 0.3) is 0 Å². The van der Waals surface area contributed by atoms with Gasteiger partial charge in [0.2, 0.25) is 0 Å². The van der Waals surface area contributed by atoms with Crippen molar-refractivity contribution < 1.29 is 14.7 Å². The highest BCUT2D eigenvalue weighted by Crippen LogP contribution is 2.42. The van der Waals surface area contributed by atoms with Crippen LogP contribution in [-0.2, 0) is 6.54 Å². The van der Waals surface area contributed by atoms with Gasteiger partial charge in [0.05, 0.1) is 18.3 Å². The summed E-state index contributed by atoms with van der Waals surface area (Å²) in [5, 5.41) is 12.5. The second-order valence-corrected chi connectivity index (χ2v) is 7.02. The van der Waals surface area contributed by atoms with Crippen LogP contribution >= 0.6 is 0 Å². The molecule has 0 saturated heterocycles. The number of hydrogen-bond acceptors (Lipinski definition) is 4. The lowest BCUT2D eigenvalue weighted by Crippen LogP contribution is -2.36. The number of carbonyl (C=O) groups excluding carboxylic acids is 2. The molecular weight excluding hydrogens is 358 g/mol. The zero-order chi connectivity index (χ0) is 20.1. The highest BCUT2D eigenvalue weighted by molar-refractivity contribution is 5.95. The molecule has 8 heteroatoms. The molecular formula is C20H25N5O3. The number of aromatic nitrogens is 1. The van der Waals surface area contributed by atoms with Gasteiger partial charge in [-0.3, -0.25) is 9.88 Å². The third-order valence-corrected chi connectivity index (χ3v) is 5.07. The summed E-state index contributed by atoms with van der Waals surface area (Å²) in [6.45, 7) is 0.255. The van der Waals surface area contributed by atoms with E-state index in [-0.39, 0.29) is 18.6 Å². The van der Waals surface area contributed by atoms with Gasteiger partial charge in [-0.25, -0.2) is 9.59 Å². The molecule has 2 aromatic rings. The number of nitrogens with zero attached hydrogens (tertiary/aromatic N) is 2. The molecule has 4 amide bonds. The molecule has 8 nitrogen and oxygen atoms in total. The lowest BCUT2D eigenvalue weighted by molar-refractivity contribution is 0.122. The minimum Gasteiger partial charge on any atom is -0.393 e.